The molecule has 3 nitrogen and oxygen atoms in total. The van der Waals surface area contributed by atoms with Gasteiger partial charge in [-0.25, -0.2) is 4.98 Å². The van der Waals surface area contributed by atoms with Crippen molar-refractivity contribution in [2.75, 3.05) is 13.6 Å². The molecule has 0 radical (unpaired) electrons. The second-order valence-corrected chi connectivity index (χ2v) is 5.54. The molecule has 1 fully saturated rings. The lowest BCUT2D eigenvalue weighted by Gasteiger charge is -2.31. The number of pyridine rings is 1. The lowest BCUT2D eigenvalue weighted by Crippen LogP contribution is -2.37. The van der Waals surface area contributed by atoms with Gasteiger partial charge in [0.05, 0.1) is 5.69 Å². The van der Waals surface area contributed by atoms with Crippen LogP contribution in [0.1, 0.15) is 30.5 Å². The van der Waals surface area contributed by atoms with E-state index in [9.17, 15) is 0 Å². The van der Waals surface area contributed by atoms with E-state index < -0.39 is 0 Å². The largest absolute Gasteiger partial charge is 0.307 e. The molecule has 3 rings (SSSR count). The van der Waals surface area contributed by atoms with Crippen molar-refractivity contribution in [3.8, 4) is 0 Å². The number of likely N-dealkylation sites (N-methyl/N-ethyl adjacent to an activating group) is 1. The highest BCUT2D eigenvalue weighted by Gasteiger charge is 2.20. The van der Waals surface area contributed by atoms with Crippen molar-refractivity contribution in [3.63, 3.8) is 0 Å². The van der Waals surface area contributed by atoms with E-state index in [4.69, 9.17) is 4.98 Å². The summed E-state index contributed by atoms with van der Waals surface area (Å²) in [5.74, 6) is 0. The number of piperidine rings is 1. The van der Waals surface area contributed by atoms with Crippen LogP contribution in [0.15, 0.2) is 24.5 Å². The minimum absolute atomic E-state index is 0.671. The van der Waals surface area contributed by atoms with E-state index in [1.807, 2.05) is 0 Å². The van der Waals surface area contributed by atoms with Crippen LogP contribution in [0.2, 0.25) is 0 Å². The van der Waals surface area contributed by atoms with Crippen molar-refractivity contribution < 1.29 is 0 Å². The van der Waals surface area contributed by atoms with Crippen LogP contribution in [-0.4, -0.2) is 33.9 Å². The molecule has 2 aromatic heterocycles. The average Bonchev–Trinajstić information content (AvgIpc) is 2.73. The fourth-order valence-corrected chi connectivity index (χ4v) is 2.90. The predicted octanol–water partition coefficient (Wildman–Crippen LogP) is 2.67. The molecule has 18 heavy (non-hydrogen) atoms. The highest BCUT2D eigenvalue weighted by Crippen LogP contribution is 2.19. The van der Waals surface area contributed by atoms with Crippen molar-refractivity contribution in [2.24, 2.45) is 0 Å². The van der Waals surface area contributed by atoms with Crippen LogP contribution in [0, 0.1) is 6.92 Å². The van der Waals surface area contributed by atoms with Gasteiger partial charge in [0.1, 0.15) is 5.65 Å². The first-order valence-corrected chi connectivity index (χ1v) is 6.87. The van der Waals surface area contributed by atoms with Gasteiger partial charge in [-0.2, -0.15) is 0 Å². The van der Waals surface area contributed by atoms with Gasteiger partial charge in [-0.05, 0) is 45.0 Å². The number of likely N-dealkylation sites (tertiary alicyclic amines) is 1. The number of fused-ring (bicyclic) bond motifs is 1. The molecule has 0 saturated carbocycles. The van der Waals surface area contributed by atoms with E-state index in [0.717, 1.165) is 12.1 Å². The van der Waals surface area contributed by atoms with E-state index in [1.54, 1.807) is 0 Å². The van der Waals surface area contributed by atoms with Crippen LogP contribution in [0.4, 0.5) is 0 Å². The lowest BCUT2D eigenvalue weighted by atomic mass is 9.99. The second-order valence-electron chi connectivity index (χ2n) is 5.54. The van der Waals surface area contributed by atoms with Gasteiger partial charge >= 0.3 is 0 Å². The van der Waals surface area contributed by atoms with Crippen LogP contribution in [0.3, 0.4) is 0 Å². The molecule has 1 aliphatic heterocycles. The molecule has 0 N–H and O–H groups in total. The first-order chi connectivity index (χ1) is 8.72. The predicted molar refractivity (Wildman–Crippen MR) is 73.9 cm³/mol. The minimum atomic E-state index is 0.671. The Morgan fingerprint density at radius 3 is 3.00 bits per heavy atom. The maximum absolute atomic E-state index is 4.72. The summed E-state index contributed by atoms with van der Waals surface area (Å²) in [6, 6.07) is 4.90. The van der Waals surface area contributed by atoms with Crippen molar-refractivity contribution >= 4 is 5.65 Å². The van der Waals surface area contributed by atoms with E-state index in [-0.39, 0.29) is 0 Å². The molecule has 96 valence electrons. The van der Waals surface area contributed by atoms with Gasteiger partial charge in [0.2, 0.25) is 0 Å². The third-order valence-corrected chi connectivity index (χ3v) is 4.02. The van der Waals surface area contributed by atoms with E-state index in [2.05, 4.69) is 47.8 Å². The quantitative estimate of drug-likeness (QED) is 0.808. The zero-order chi connectivity index (χ0) is 12.5. The zero-order valence-electron chi connectivity index (χ0n) is 11.3. The normalized spacial score (nSPS) is 21.6. The Bertz CT molecular complexity index is 544. The fraction of sp³-hybridized carbons (Fsp3) is 0.533. The van der Waals surface area contributed by atoms with Gasteiger partial charge in [-0.1, -0.05) is 12.5 Å². The zero-order valence-corrected chi connectivity index (χ0v) is 11.3. The highest BCUT2D eigenvalue weighted by atomic mass is 15.1. The number of aryl methyl sites for hydroxylation is 1. The third kappa shape index (κ3) is 2.27. The first kappa shape index (κ1) is 11.7. The number of nitrogens with zero attached hydrogens (tertiary/aromatic N) is 3. The van der Waals surface area contributed by atoms with Crippen molar-refractivity contribution in [3.05, 3.63) is 35.8 Å². The van der Waals surface area contributed by atoms with E-state index in [0.29, 0.717) is 6.04 Å². The van der Waals surface area contributed by atoms with Crippen molar-refractivity contribution in [1.29, 1.82) is 0 Å². The highest BCUT2D eigenvalue weighted by molar-refractivity contribution is 5.41. The molecule has 0 bridgehead atoms. The maximum atomic E-state index is 4.72. The summed E-state index contributed by atoms with van der Waals surface area (Å²) in [6.45, 7) is 3.35. The number of hydrogen-bond donors (Lipinski definition) is 0. The summed E-state index contributed by atoms with van der Waals surface area (Å²) in [5.41, 5.74) is 3.56. The molecule has 1 atom stereocenters. The molecule has 1 saturated heterocycles. The van der Waals surface area contributed by atoms with E-state index in [1.165, 1.54) is 37.1 Å². The number of rotatable bonds is 2. The Morgan fingerprint density at radius 1 is 1.28 bits per heavy atom. The van der Waals surface area contributed by atoms with Crippen LogP contribution < -0.4 is 0 Å². The summed E-state index contributed by atoms with van der Waals surface area (Å²) < 4.78 is 2.15. The first-order valence-electron chi connectivity index (χ1n) is 6.87. The molecule has 1 aliphatic rings. The summed E-state index contributed by atoms with van der Waals surface area (Å²) in [5, 5.41) is 0. The Labute approximate surface area is 108 Å². The monoisotopic (exact) mass is 243 g/mol. The molecule has 0 aromatic carbocycles. The minimum Gasteiger partial charge on any atom is -0.307 e. The lowest BCUT2D eigenvalue weighted by molar-refractivity contribution is 0.184. The topological polar surface area (TPSA) is 20.5 Å². The maximum Gasteiger partial charge on any atom is 0.136 e. The van der Waals surface area contributed by atoms with Gasteiger partial charge in [0.25, 0.3) is 0 Å². The standard InChI is InChI=1S/C15H21N3/c1-12-6-7-15-16-13(11-18(15)10-12)9-14-5-3-4-8-17(14)2/h6-7,10-11,14H,3-5,8-9H2,1-2H3. The van der Waals surface area contributed by atoms with Gasteiger partial charge < -0.3 is 9.30 Å². The molecular weight excluding hydrogens is 222 g/mol. The molecule has 1 unspecified atom stereocenters. The van der Waals surface area contributed by atoms with Gasteiger partial charge in [-0.3, -0.25) is 0 Å². The third-order valence-electron chi connectivity index (χ3n) is 4.02. The van der Waals surface area contributed by atoms with Gasteiger partial charge in [-0.15, -0.1) is 0 Å². The van der Waals surface area contributed by atoms with Crippen LogP contribution in [-0.2, 0) is 6.42 Å². The molecule has 0 spiro atoms. The van der Waals surface area contributed by atoms with Gasteiger partial charge in [0.15, 0.2) is 0 Å². The Kier molecular flexibility index (Phi) is 3.08. The molecular formula is C15H21N3. The van der Waals surface area contributed by atoms with Crippen LogP contribution in [0.25, 0.3) is 5.65 Å². The number of aromatic nitrogens is 2. The molecule has 0 aliphatic carbocycles. The average molecular weight is 243 g/mol. The second kappa shape index (κ2) is 4.73. The smallest absolute Gasteiger partial charge is 0.136 e. The molecule has 3 heterocycles. The summed E-state index contributed by atoms with van der Waals surface area (Å²) in [4.78, 5) is 7.20. The Balaban J connectivity index is 1.81. The van der Waals surface area contributed by atoms with Gasteiger partial charge in [0, 0.05) is 24.9 Å². The Morgan fingerprint density at radius 2 is 2.17 bits per heavy atom. The van der Waals surface area contributed by atoms with Crippen molar-refractivity contribution in [1.82, 2.24) is 14.3 Å². The number of imidazole rings is 1. The summed E-state index contributed by atoms with van der Waals surface area (Å²) >= 11 is 0. The van der Waals surface area contributed by atoms with Crippen LogP contribution in [0.5, 0.6) is 0 Å². The SMILES string of the molecule is Cc1ccc2nc(CC3CCCCN3C)cn2c1. The molecule has 2 aromatic rings. The fourth-order valence-electron chi connectivity index (χ4n) is 2.90. The molecule has 0 amide bonds. The Hall–Kier alpha value is -1.35. The number of hydrogen-bond acceptors (Lipinski definition) is 2. The van der Waals surface area contributed by atoms with Crippen LogP contribution >= 0.6 is 0 Å². The van der Waals surface area contributed by atoms with E-state index >= 15 is 0 Å². The summed E-state index contributed by atoms with van der Waals surface area (Å²) in [7, 11) is 2.24. The summed E-state index contributed by atoms with van der Waals surface area (Å²) in [6.07, 6.45) is 9.43. The van der Waals surface area contributed by atoms with Crippen molar-refractivity contribution in [2.45, 2.75) is 38.6 Å². The molecule has 3 heteroatoms.